The van der Waals surface area contributed by atoms with Gasteiger partial charge >= 0.3 is 0 Å². The van der Waals surface area contributed by atoms with E-state index in [-0.39, 0.29) is 16.8 Å². The van der Waals surface area contributed by atoms with Gasteiger partial charge in [0, 0.05) is 11.2 Å². The van der Waals surface area contributed by atoms with E-state index >= 15 is 0 Å². The Labute approximate surface area is 195 Å². The number of halogens is 1. The highest BCUT2D eigenvalue weighted by Gasteiger charge is 2.44. The van der Waals surface area contributed by atoms with E-state index in [0.29, 0.717) is 28.4 Å². The van der Waals surface area contributed by atoms with Crippen LogP contribution in [0.15, 0.2) is 70.0 Å². The Morgan fingerprint density at radius 1 is 1.09 bits per heavy atom. The fraction of sp³-hybridized carbons (Fsp3) is 0.192. The SMILES string of the molecule is CCCOc1ccc(C2c3c(oc4ccc(Cl)cc4c3=O)C(=O)N2c2cc(C)ccn2)cc1. The summed E-state index contributed by atoms with van der Waals surface area (Å²) in [4.78, 5) is 33.1. The van der Waals surface area contributed by atoms with Gasteiger partial charge in [-0.3, -0.25) is 14.5 Å². The fourth-order valence-corrected chi connectivity index (χ4v) is 4.29. The second-order valence-corrected chi connectivity index (χ2v) is 8.44. The van der Waals surface area contributed by atoms with E-state index in [2.05, 4.69) is 4.98 Å². The third-order valence-corrected chi connectivity index (χ3v) is 5.88. The maximum Gasteiger partial charge on any atom is 0.296 e. The number of fused-ring (bicyclic) bond motifs is 2. The van der Waals surface area contributed by atoms with Crippen LogP contribution in [0.3, 0.4) is 0 Å². The number of rotatable bonds is 5. The predicted octanol–water partition coefficient (Wildman–Crippen LogP) is 5.69. The molecular weight excluding hydrogens is 440 g/mol. The molecule has 2 aromatic heterocycles. The summed E-state index contributed by atoms with van der Waals surface area (Å²) in [6, 6.07) is 15.2. The van der Waals surface area contributed by atoms with Gasteiger partial charge in [-0.15, -0.1) is 0 Å². The van der Waals surface area contributed by atoms with Gasteiger partial charge in [0.15, 0.2) is 5.43 Å². The third-order valence-electron chi connectivity index (χ3n) is 5.65. The van der Waals surface area contributed by atoms with Gasteiger partial charge in [-0.1, -0.05) is 30.7 Å². The molecule has 0 saturated carbocycles. The van der Waals surface area contributed by atoms with Crippen LogP contribution in [-0.2, 0) is 0 Å². The zero-order valence-corrected chi connectivity index (χ0v) is 18.9. The smallest absolute Gasteiger partial charge is 0.296 e. The molecule has 2 aromatic carbocycles. The van der Waals surface area contributed by atoms with Gasteiger partial charge in [0.25, 0.3) is 5.91 Å². The maximum atomic E-state index is 13.6. The first-order chi connectivity index (χ1) is 16.0. The number of anilines is 1. The number of aromatic nitrogens is 1. The predicted molar refractivity (Wildman–Crippen MR) is 127 cm³/mol. The number of carbonyl (C=O) groups excluding carboxylic acids is 1. The zero-order chi connectivity index (χ0) is 23.1. The lowest BCUT2D eigenvalue weighted by molar-refractivity contribution is 0.0970. The molecule has 5 rings (SSSR count). The number of hydrogen-bond donors (Lipinski definition) is 0. The van der Waals surface area contributed by atoms with Gasteiger partial charge in [0.1, 0.15) is 17.2 Å². The lowest BCUT2D eigenvalue weighted by Gasteiger charge is -2.24. The molecule has 0 spiro atoms. The van der Waals surface area contributed by atoms with E-state index in [1.165, 1.54) is 4.90 Å². The molecule has 0 saturated heterocycles. The Balaban J connectivity index is 1.73. The molecule has 1 atom stereocenters. The number of ether oxygens (including phenoxy) is 1. The van der Waals surface area contributed by atoms with E-state index in [9.17, 15) is 9.59 Å². The minimum absolute atomic E-state index is 0.0226. The molecule has 1 amide bonds. The normalized spacial score (nSPS) is 15.2. The topological polar surface area (TPSA) is 72.6 Å². The van der Waals surface area contributed by atoms with Crippen molar-refractivity contribution in [3.05, 3.63) is 98.5 Å². The molecule has 0 aliphatic carbocycles. The molecule has 0 N–H and O–H groups in total. The number of pyridine rings is 1. The molecule has 166 valence electrons. The number of aryl methyl sites for hydroxylation is 1. The van der Waals surface area contributed by atoms with Gasteiger partial charge < -0.3 is 9.15 Å². The van der Waals surface area contributed by atoms with Crippen LogP contribution in [0.1, 0.15) is 46.6 Å². The van der Waals surface area contributed by atoms with E-state index in [1.807, 2.05) is 50.2 Å². The molecule has 0 fully saturated rings. The minimum atomic E-state index is -0.693. The molecular formula is C26H21ClN2O4. The Kier molecular flexibility index (Phi) is 5.38. The van der Waals surface area contributed by atoms with Gasteiger partial charge in [-0.2, -0.15) is 0 Å². The second kappa shape index (κ2) is 8.37. The monoisotopic (exact) mass is 460 g/mol. The van der Waals surface area contributed by atoms with E-state index in [0.717, 1.165) is 23.3 Å². The summed E-state index contributed by atoms with van der Waals surface area (Å²) in [6.07, 6.45) is 2.54. The molecule has 3 heterocycles. The van der Waals surface area contributed by atoms with Crippen molar-refractivity contribution in [2.45, 2.75) is 26.3 Å². The summed E-state index contributed by atoms with van der Waals surface area (Å²) in [6.45, 7) is 4.57. The zero-order valence-electron chi connectivity index (χ0n) is 18.2. The quantitative estimate of drug-likeness (QED) is 0.382. The lowest BCUT2D eigenvalue weighted by Crippen LogP contribution is -2.30. The van der Waals surface area contributed by atoms with E-state index in [4.69, 9.17) is 20.8 Å². The fourth-order valence-electron chi connectivity index (χ4n) is 4.12. The highest BCUT2D eigenvalue weighted by molar-refractivity contribution is 6.31. The van der Waals surface area contributed by atoms with Crippen molar-refractivity contribution in [2.24, 2.45) is 0 Å². The Morgan fingerprint density at radius 3 is 2.61 bits per heavy atom. The van der Waals surface area contributed by atoms with Crippen LogP contribution >= 0.6 is 11.6 Å². The molecule has 6 nitrogen and oxygen atoms in total. The van der Waals surface area contributed by atoms with Gasteiger partial charge in [-0.25, -0.2) is 4.98 Å². The summed E-state index contributed by atoms with van der Waals surface area (Å²) in [5.74, 6) is 0.787. The van der Waals surface area contributed by atoms with Crippen molar-refractivity contribution in [2.75, 3.05) is 11.5 Å². The molecule has 33 heavy (non-hydrogen) atoms. The van der Waals surface area contributed by atoms with Crippen molar-refractivity contribution >= 4 is 34.3 Å². The summed E-state index contributed by atoms with van der Waals surface area (Å²) in [5, 5.41) is 0.756. The molecule has 0 bridgehead atoms. The van der Waals surface area contributed by atoms with Crippen LogP contribution in [0.25, 0.3) is 11.0 Å². The number of hydrogen-bond acceptors (Lipinski definition) is 5. The van der Waals surface area contributed by atoms with Gasteiger partial charge in [0.2, 0.25) is 5.76 Å². The number of nitrogens with zero attached hydrogens (tertiary/aromatic N) is 2. The van der Waals surface area contributed by atoms with Gasteiger partial charge in [0.05, 0.1) is 23.6 Å². The second-order valence-electron chi connectivity index (χ2n) is 8.00. The molecule has 0 radical (unpaired) electrons. The number of benzene rings is 2. The van der Waals surface area contributed by atoms with Crippen molar-refractivity contribution < 1.29 is 13.9 Å². The van der Waals surface area contributed by atoms with Crippen LogP contribution in [0.2, 0.25) is 5.02 Å². The Morgan fingerprint density at radius 2 is 1.88 bits per heavy atom. The first kappa shape index (κ1) is 21.2. The van der Waals surface area contributed by atoms with Crippen LogP contribution in [0.4, 0.5) is 5.82 Å². The highest BCUT2D eigenvalue weighted by Crippen LogP contribution is 2.41. The molecule has 7 heteroatoms. The molecule has 1 aliphatic heterocycles. The average molecular weight is 461 g/mol. The molecule has 1 unspecified atom stereocenters. The number of carbonyl (C=O) groups is 1. The molecule has 4 aromatic rings. The van der Waals surface area contributed by atoms with Crippen molar-refractivity contribution in [3.63, 3.8) is 0 Å². The van der Waals surface area contributed by atoms with Crippen molar-refractivity contribution in [1.82, 2.24) is 4.98 Å². The summed E-state index contributed by atoms with van der Waals surface area (Å²) >= 11 is 6.14. The Hall–Kier alpha value is -3.64. The summed E-state index contributed by atoms with van der Waals surface area (Å²) in [5.41, 5.74) is 2.01. The van der Waals surface area contributed by atoms with Crippen molar-refractivity contribution in [3.8, 4) is 5.75 Å². The standard InChI is InChI=1S/C26H21ClN2O4/c1-3-12-32-18-7-4-16(5-8-18)23-22-24(30)19-14-17(27)6-9-20(19)33-25(22)26(31)29(23)21-13-15(2)10-11-28-21/h4-11,13-14,23H,3,12H2,1-2H3. The molecule has 1 aliphatic rings. The minimum Gasteiger partial charge on any atom is -0.494 e. The average Bonchev–Trinajstić information content (AvgIpc) is 3.11. The van der Waals surface area contributed by atoms with E-state index in [1.54, 1.807) is 24.4 Å². The van der Waals surface area contributed by atoms with Crippen molar-refractivity contribution in [1.29, 1.82) is 0 Å². The number of amides is 1. The van der Waals surface area contributed by atoms with Gasteiger partial charge in [-0.05, 0) is 66.9 Å². The third kappa shape index (κ3) is 3.66. The first-order valence-electron chi connectivity index (χ1n) is 10.7. The maximum absolute atomic E-state index is 13.6. The summed E-state index contributed by atoms with van der Waals surface area (Å²) < 4.78 is 11.7. The Bertz CT molecular complexity index is 1430. The van der Waals surface area contributed by atoms with Crippen LogP contribution in [0.5, 0.6) is 5.75 Å². The lowest BCUT2D eigenvalue weighted by atomic mass is 9.98. The van der Waals surface area contributed by atoms with E-state index < -0.39 is 11.9 Å². The summed E-state index contributed by atoms with van der Waals surface area (Å²) in [7, 11) is 0. The highest BCUT2D eigenvalue weighted by atomic mass is 35.5. The van der Waals surface area contributed by atoms with Crippen LogP contribution < -0.4 is 15.1 Å². The largest absolute Gasteiger partial charge is 0.494 e. The van der Waals surface area contributed by atoms with Crippen LogP contribution in [0, 0.1) is 6.92 Å². The first-order valence-corrected chi connectivity index (χ1v) is 11.1. The van der Waals surface area contributed by atoms with Crippen LogP contribution in [-0.4, -0.2) is 17.5 Å².